The maximum absolute atomic E-state index is 12.0. The minimum absolute atomic E-state index is 0.168. The Bertz CT molecular complexity index is 650. The van der Waals surface area contributed by atoms with Crippen molar-refractivity contribution in [1.29, 1.82) is 0 Å². The highest BCUT2D eigenvalue weighted by Crippen LogP contribution is 2.21. The Morgan fingerprint density at radius 2 is 2.00 bits per heavy atom. The van der Waals surface area contributed by atoms with E-state index in [4.69, 9.17) is 0 Å². The maximum Gasteiger partial charge on any atom is 0.320 e. The van der Waals surface area contributed by atoms with E-state index in [1.807, 2.05) is 50.4 Å². The van der Waals surface area contributed by atoms with Crippen LogP contribution in [-0.4, -0.2) is 33.6 Å². The van der Waals surface area contributed by atoms with Crippen molar-refractivity contribution in [2.45, 2.75) is 39.8 Å². The molecule has 0 aliphatic heterocycles. The van der Waals surface area contributed by atoms with Crippen molar-refractivity contribution in [3.8, 4) is 0 Å². The molecule has 2 aromatic rings. The van der Waals surface area contributed by atoms with Crippen LogP contribution in [0, 0.1) is 5.41 Å². The van der Waals surface area contributed by atoms with Crippen LogP contribution >= 0.6 is 0 Å². The molecule has 1 heterocycles. The number of nitrogens with one attached hydrogen (secondary N) is 2. The molecule has 0 bridgehead atoms. The molecule has 1 atom stereocenters. The number of carbonyl (C=O) groups excluding carboxylic acids is 1. The number of nitrogens with zero attached hydrogens (tertiary/aromatic N) is 2. The van der Waals surface area contributed by atoms with Crippen molar-refractivity contribution in [2.75, 3.05) is 11.9 Å². The maximum atomic E-state index is 12.0. The molecule has 24 heavy (non-hydrogen) atoms. The number of anilines is 1. The van der Waals surface area contributed by atoms with Crippen LogP contribution < -0.4 is 10.6 Å². The van der Waals surface area contributed by atoms with Crippen molar-refractivity contribution in [1.82, 2.24) is 15.1 Å². The van der Waals surface area contributed by atoms with Crippen LogP contribution in [0.5, 0.6) is 0 Å². The van der Waals surface area contributed by atoms with Gasteiger partial charge in [-0.05, 0) is 24.3 Å². The minimum atomic E-state index is -0.390. The summed E-state index contributed by atoms with van der Waals surface area (Å²) in [6.45, 7) is 6.91. The van der Waals surface area contributed by atoms with Gasteiger partial charge in [0.15, 0.2) is 5.82 Å². The Kier molecular flexibility index (Phi) is 5.98. The monoisotopic (exact) mass is 330 g/mol. The van der Waals surface area contributed by atoms with Gasteiger partial charge in [0.25, 0.3) is 0 Å². The third kappa shape index (κ3) is 6.04. The van der Waals surface area contributed by atoms with E-state index in [9.17, 15) is 9.90 Å². The Morgan fingerprint density at radius 3 is 2.67 bits per heavy atom. The van der Waals surface area contributed by atoms with Crippen LogP contribution in [0.2, 0.25) is 0 Å². The molecule has 0 saturated carbocycles. The standard InChI is InChI=1S/C18H26N4O2/c1-14(23)11-18(2,3)13-19-17(24)20-16-9-10-22(21-16)12-15-7-5-4-6-8-15/h4-10,14,23H,11-13H2,1-3H3,(H2,19,20,21,24). The number of benzene rings is 1. The molecular formula is C18H26N4O2. The van der Waals surface area contributed by atoms with Gasteiger partial charge in [-0.25, -0.2) is 4.79 Å². The van der Waals surface area contributed by atoms with Gasteiger partial charge in [0.05, 0.1) is 12.6 Å². The highest BCUT2D eigenvalue weighted by atomic mass is 16.3. The summed E-state index contributed by atoms with van der Waals surface area (Å²) >= 11 is 0. The topological polar surface area (TPSA) is 79.2 Å². The van der Waals surface area contributed by atoms with Crippen molar-refractivity contribution >= 4 is 11.8 Å². The predicted octanol–water partition coefficient (Wildman–Crippen LogP) is 2.85. The van der Waals surface area contributed by atoms with Crippen LogP contribution in [0.4, 0.5) is 10.6 Å². The van der Waals surface area contributed by atoms with Crippen LogP contribution in [0.3, 0.4) is 0 Å². The van der Waals surface area contributed by atoms with Crippen LogP contribution in [0.1, 0.15) is 32.8 Å². The van der Waals surface area contributed by atoms with Crippen molar-refractivity contribution in [3.63, 3.8) is 0 Å². The lowest BCUT2D eigenvalue weighted by Crippen LogP contribution is -2.38. The summed E-state index contributed by atoms with van der Waals surface area (Å²) < 4.78 is 1.78. The fourth-order valence-corrected chi connectivity index (χ4v) is 2.64. The zero-order valence-electron chi connectivity index (χ0n) is 14.5. The molecule has 0 aliphatic rings. The van der Waals surface area contributed by atoms with Crippen molar-refractivity contribution in [3.05, 3.63) is 48.2 Å². The molecule has 130 valence electrons. The second-order valence-electron chi connectivity index (χ2n) is 6.91. The third-order valence-electron chi connectivity index (χ3n) is 3.65. The molecule has 0 radical (unpaired) electrons. The van der Waals surface area contributed by atoms with E-state index < -0.39 is 6.10 Å². The van der Waals surface area contributed by atoms with Gasteiger partial charge >= 0.3 is 6.03 Å². The first-order valence-corrected chi connectivity index (χ1v) is 8.14. The van der Waals surface area contributed by atoms with Crippen molar-refractivity contribution < 1.29 is 9.90 Å². The molecule has 0 fully saturated rings. The molecule has 0 aliphatic carbocycles. The van der Waals surface area contributed by atoms with E-state index in [2.05, 4.69) is 15.7 Å². The quantitative estimate of drug-likeness (QED) is 0.730. The molecule has 1 aromatic carbocycles. The lowest BCUT2D eigenvalue weighted by atomic mass is 9.87. The first-order valence-electron chi connectivity index (χ1n) is 8.14. The zero-order valence-corrected chi connectivity index (χ0v) is 14.5. The molecule has 2 amide bonds. The molecule has 6 heteroatoms. The molecule has 2 rings (SSSR count). The van der Waals surface area contributed by atoms with Gasteiger partial charge in [0, 0.05) is 18.8 Å². The number of amides is 2. The summed E-state index contributed by atoms with van der Waals surface area (Å²) in [4.78, 5) is 12.0. The van der Waals surface area contributed by atoms with E-state index in [0.29, 0.717) is 25.3 Å². The number of urea groups is 1. The molecule has 6 nitrogen and oxygen atoms in total. The number of rotatable bonds is 7. The molecule has 3 N–H and O–H groups in total. The van der Waals surface area contributed by atoms with Gasteiger partial charge in [-0.15, -0.1) is 0 Å². The number of hydrogen-bond donors (Lipinski definition) is 3. The second kappa shape index (κ2) is 7.97. The largest absolute Gasteiger partial charge is 0.393 e. The Balaban J connectivity index is 1.82. The fraction of sp³-hybridized carbons (Fsp3) is 0.444. The Hall–Kier alpha value is -2.34. The van der Waals surface area contributed by atoms with E-state index >= 15 is 0 Å². The Labute approximate surface area is 142 Å². The van der Waals surface area contributed by atoms with E-state index in [-0.39, 0.29) is 11.4 Å². The number of carbonyl (C=O) groups is 1. The first kappa shape index (κ1) is 18.0. The normalized spacial score (nSPS) is 12.7. The third-order valence-corrected chi connectivity index (χ3v) is 3.65. The molecule has 1 aromatic heterocycles. The average molecular weight is 330 g/mol. The van der Waals surface area contributed by atoms with Gasteiger partial charge in [-0.1, -0.05) is 44.2 Å². The Morgan fingerprint density at radius 1 is 1.29 bits per heavy atom. The van der Waals surface area contributed by atoms with Crippen LogP contribution in [0.15, 0.2) is 42.6 Å². The van der Waals surface area contributed by atoms with Crippen molar-refractivity contribution in [2.24, 2.45) is 5.41 Å². The average Bonchev–Trinajstić information content (AvgIpc) is 2.92. The second-order valence-corrected chi connectivity index (χ2v) is 6.91. The lowest BCUT2D eigenvalue weighted by Gasteiger charge is -2.26. The summed E-state index contributed by atoms with van der Waals surface area (Å²) in [6, 6.07) is 11.5. The van der Waals surface area contributed by atoms with E-state index in [1.54, 1.807) is 17.7 Å². The van der Waals surface area contributed by atoms with Gasteiger partial charge in [-0.2, -0.15) is 5.10 Å². The SMILES string of the molecule is CC(O)CC(C)(C)CNC(=O)Nc1ccn(Cc2ccccc2)n1. The molecule has 0 saturated heterocycles. The summed E-state index contributed by atoms with van der Waals surface area (Å²) in [6.07, 6.45) is 2.07. The summed E-state index contributed by atoms with van der Waals surface area (Å²) in [5.74, 6) is 0.511. The highest BCUT2D eigenvalue weighted by molar-refractivity contribution is 5.88. The van der Waals surface area contributed by atoms with Gasteiger partial charge in [0.2, 0.25) is 0 Å². The van der Waals surface area contributed by atoms with Gasteiger partial charge in [-0.3, -0.25) is 10.00 Å². The summed E-state index contributed by atoms with van der Waals surface area (Å²) in [7, 11) is 0. The van der Waals surface area contributed by atoms with Crippen LogP contribution in [0.25, 0.3) is 0 Å². The van der Waals surface area contributed by atoms with Crippen LogP contribution in [-0.2, 0) is 6.54 Å². The summed E-state index contributed by atoms with van der Waals surface area (Å²) in [5.41, 5.74) is 0.981. The van der Waals surface area contributed by atoms with Gasteiger partial charge in [0.1, 0.15) is 0 Å². The fourth-order valence-electron chi connectivity index (χ4n) is 2.64. The smallest absolute Gasteiger partial charge is 0.320 e. The number of hydrogen-bond acceptors (Lipinski definition) is 3. The predicted molar refractivity (Wildman–Crippen MR) is 94.9 cm³/mol. The number of aliphatic hydroxyl groups excluding tert-OH is 1. The summed E-state index contributed by atoms with van der Waals surface area (Å²) in [5, 5.41) is 19.4. The first-order chi connectivity index (χ1) is 11.3. The van der Waals surface area contributed by atoms with E-state index in [1.165, 1.54) is 0 Å². The molecule has 1 unspecified atom stereocenters. The van der Waals surface area contributed by atoms with E-state index in [0.717, 1.165) is 5.56 Å². The number of aliphatic hydroxyl groups is 1. The highest BCUT2D eigenvalue weighted by Gasteiger charge is 2.21. The minimum Gasteiger partial charge on any atom is -0.393 e. The van der Waals surface area contributed by atoms with Gasteiger partial charge < -0.3 is 10.4 Å². The lowest BCUT2D eigenvalue weighted by molar-refractivity contribution is 0.129. The zero-order chi connectivity index (χ0) is 17.6. The molecule has 0 spiro atoms. The number of aromatic nitrogens is 2. The molecular weight excluding hydrogens is 304 g/mol.